The summed E-state index contributed by atoms with van der Waals surface area (Å²) in [4.78, 5) is 12.7. The average molecular weight is 366 g/mol. The van der Waals surface area contributed by atoms with E-state index in [1.807, 2.05) is 12.1 Å². The molecule has 1 aliphatic rings. The molecular formula is C15H20BrLiO3P. The molecule has 1 aromatic carbocycles. The second kappa shape index (κ2) is 9.21. The zero-order valence-corrected chi connectivity index (χ0v) is 15.5. The van der Waals surface area contributed by atoms with Crippen LogP contribution < -0.4 is 9.47 Å². The van der Waals surface area contributed by atoms with Gasteiger partial charge in [0.25, 0.3) is 0 Å². The van der Waals surface area contributed by atoms with Crippen LogP contribution in [0.5, 0.6) is 11.5 Å². The first kappa shape index (κ1) is 19.0. The first-order chi connectivity index (χ1) is 9.67. The third kappa shape index (κ3) is 4.73. The Bertz CT molecular complexity index is 490. The van der Waals surface area contributed by atoms with Gasteiger partial charge < -0.3 is 9.47 Å². The third-order valence-corrected chi connectivity index (χ3v) is 5.79. The van der Waals surface area contributed by atoms with Crippen molar-refractivity contribution in [2.24, 2.45) is 0 Å². The van der Waals surface area contributed by atoms with Crippen molar-refractivity contribution in [3.63, 3.8) is 0 Å². The average Bonchev–Trinajstić information content (AvgIpc) is 2.47. The number of rotatable bonds is 5. The van der Waals surface area contributed by atoms with Gasteiger partial charge in [-0.2, -0.15) is 0 Å². The summed E-state index contributed by atoms with van der Waals surface area (Å²) in [5.74, 6) is 1.18. The molecule has 0 bridgehead atoms. The first-order valence-corrected chi connectivity index (χ1v) is 8.75. The van der Waals surface area contributed by atoms with Gasteiger partial charge in [-0.05, 0) is 55.1 Å². The van der Waals surface area contributed by atoms with E-state index in [0.29, 0.717) is 31.3 Å². The molecular weight excluding hydrogens is 346 g/mol. The number of methoxy groups -OCH3 is 2. The molecule has 0 spiro atoms. The van der Waals surface area contributed by atoms with Gasteiger partial charge in [-0.25, -0.2) is 0 Å². The number of hydrogen-bond donors (Lipinski definition) is 0. The molecule has 0 heterocycles. The molecule has 21 heavy (non-hydrogen) atoms. The van der Waals surface area contributed by atoms with Gasteiger partial charge in [-0.1, -0.05) is 19.3 Å². The molecule has 111 valence electrons. The summed E-state index contributed by atoms with van der Waals surface area (Å²) in [6, 6.07) is 3.66. The Morgan fingerprint density at radius 3 is 2.43 bits per heavy atom. The minimum atomic E-state index is 0. The number of carbonyl (C=O) groups is 1. The molecule has 1 unspecified atom stereocenters. The molecule has 1 radical (unpaired) electrons. The topological polar surface area (TPSA) is 35.5 Å². The van der Waals surface area contributed by atoms with Crippen LogP contribution in [0, 0.1) is 0 Å². The summed E-state index contributed by atoms with van der Waals surface area (Å²) in [6.45, 7) is 0. The molecule has 0 N–H and O–H groups in total. The number of benzene rings is 1. The third-order valence-electron chi connectivity index (χ3n) is 3.66. The van der Waals surface area contributed by atoms with Crippen LogP contribution in [0.1, 0.15) is 42.5 Å². The van der Waals surface area contributed by atoms with E-state index >= 15 is 0 Å². The fourth-order valence-corrected chi connectivity index (χ4v) is 4.57. The smallest absolute Gasteiger partial charge is 0.188 e. The van der Waals surface area contributed by atoms with Crippen molar-refractivity contribution in [1.29, 1.82) is 0 Å². The molecule has 0 saturated heterocycles. The summed E-state index contributed by atoms with van der Waals surface area (Å²) >= 11 is 3.43. The zero-order valence-electron chi connectivity index (χ0n) is 12.9. The predicted molar refractivity (Wildman–Crippen MR) is 92.5 cm³/mol. The van der Waals surface area contributed by atoms with Gasteiger partial charge in [0.2, 0.25) is 0 Å². The van der Waals surface area contributed by atoms with E-state index in [-0.39, 0.29) is 24.4 Å². The molecule has 0 amide bonds. The fourth-order valence-electron chi connectivity index (χ4n) is 2.63. The standard InChI is InChI=1S/C15H20BrO3P.Li/c1-18-12-9-8-11(16)14(19-2)13(12)15(17)20-10-6-4-3-5-7-10;/h8-10,20H,3-7H2,1-2H3;. The first-order valence-electron chi connectivity index (χ1n) is 6.88. The van der Waals surface area contributed by atoms with Crippen LogP contribution >= 0.6 is 24.5 Å². The van der Waals surface area contributed by atoms with Crippen molar-refractivity contribution in [1.82, 2.24) is 0 Å². The van der Waals surface area contributed by atoms with E-state index in [2.05, 4.69) is 15.9 Å². The van der Waals surface area contributed by atoms with Crippen LogP contribution in [0.3, 0.4) is 0 Å². The number of carbonyl (C=O) groups excluding carboxylic acids is 1. The summed E-state index contributed by atoms with van der Waals surface area (Å²) in [5, 5.41) is 0. The Labute approximate surface area is 148 Å². The summed E-state index contributed by atoms with van der Waals surface area (Å²) in [5.41, 5.74) is 1.25. The Morgan fingerprint density at radius 1 is 1.19 bits per heavy atom. The van der Waals surface area contributed by atoms with Crippen molar-refractivity contribution >= 4 is 48.9 Å². The van der Waals surface area contributed by atoms with Gasteiger partial charge >= 0.3 is 0 Å². The van der Waals surface area contributed by atoms with Crippen molar-refractivity contribution in [2.45, 2.75) is 37.8 Å². The second-order valence-corrected chi connectivity index (χ2v) is 7.38. The van der Waals surface area contributed by atoms with Gasteiger partial charge in [-0.3, -0.25) is 4.79 Å². The molecule has 1 aliphatic carbocycles. The Morgan fingerprint density at radius 2 is 1.86 bits per heavy atom. The van der Waals surface area contributed by atoms with Crippen LogP contribution in [0.25, 0.3) is 0 Å². The monoisotopic (exact) mass is 365 g/mol. The van der Waals surface area contributed by atoms with E-state index in [1.54, 1.807) is 14.2 Å². The molecule has 6 heteroatoms. The Balaban J connectivity index is 0.00000220. The zero-order chi connectivity index (χ0) is 14.5. The van der Waals surface area contributed by atoms with Gasteiger partial charge in [0.05, 0.1) is 18.7 Å². The number of ether oxygens (including phenoxy) is 2. The fraction of sp³-hybridized carbons (Fsp3) is 0.533. The Hall–Kier alpha value is -0.00260. The van der Waals surface area contributed by atoms with Crippen LogP contribution in [0.2, 0.25) is 0 Å². The second-order valence-electron chi connectivity index (χ2n) is 4.97. The van der Waals surface area contributed by atoms with Crippen molar-refractivity contribution in [2.75, 3.05) is 14.2 Å². The van der Waals surface area contributed by atoms with Gasteiger partial charge in [0.1, 0.15) is 17.1 Å². The maximum atomic E-state index is 12.7. The molecule has 1 fully saturated rings. The van der Waals surface area contributed by atoms with E-state index in [1.165, 1.54) is 32.1 Å². The van der Waals surface area contributed by atoms with Crippen molar-refractivity contribution in [3.05, 3.63) is 22.2 Å². The number of hydrogen-bond acceptors (Lipinski definition) is 3. The molecule has 1 aromatic rings. The minimum absolute atomic E-state index is 0. The van der Waals surface area contributed by atoms with Crippen molar-refractivity contribution < 1.29 is 14.3 Å². The van der Waals surface area contributed by atoms with Gasteiger partial charge in [-0.15, -0.1) is 0 Å². The summed E-state index contributed by atoms with van der Waals surface area (Å²) in [6.07, 6.45) is 6.14. The van der Waals surface area contributed by atoms with E-state index in [4.69, 9.17) is 9.47 Å². The minimum Gasteiger partial charge on any atom is -0.496 e. The number of halogens is 1. The summed E-state index contributed by atoms with van der Waals surface area (Å²) < 4.78 is 11.5. The van der Waals surface area contributed by atoms with Crippen LogP contribution in [0.4, 0.5) is 0 Å². The summed E-state index contributed by atoms with van der Waals surface area (Å²) in [7, 11) is 3.48. The Kier molecular flexibility index (Phi) is 8.35. The molecule has 3 nitrogen and oxygen atoms in total. The van der Waals surface area contributed by atoms with E-state index in [9.17, 15) is 4.79 Å². The van der Waals surface area contributed by atoms with Gasteiger partial charge in [0, 0.05) is 18.9 Å². The molecule has 1 saturated carbocycles. The largest absolute Gasteiger partial charge is 0.496 e. The molecule has 0 aliphatic heterocycles. The van der Waals surface area contributed by atoms with E-state index in [0.717, 1.165) is 4.47 Å². The molecule has 1 atom stereocenters. The molecule has 2 rings (SSSR count). The van der Waals surface area contributed by atoms with Crippen LogP contribution in [0.15, 0.2) is 16.6 Å². The van der Waals surface area contributed by atoms with Crippen LogP contribution in [-0.4, -0.2) is 44.3 Å². The van der Waals surface area contributed by atoms with E-state index < -0.39 is 0 Å². The van der Waals surface area contributed by atoms with Gasteiger partial charge in [0.15, 0.2) is 5.52 Å². The van der Waals surface area contributed by atoms with Crippen molar-refractivity contribution in [3.8, 4) is 11.5 Å². The predicted octanol–water partition coefficient (Wildman–Crippen LogP) is 4.24. The molecule has 0 aromatic heterocycles. The SMILES string of the molecule is COc1ccc(Br)c(OC)c1C(=O)PC1CCCCC1.[Li]. The quantitative estimate of drug-likeness (QED) is 0.578. The van der Waals surface area contributed by atoms with Crippen LogP contribution in [-0.2, 0) is 0 Å². The normalized spacial score (nSPS) is 15.8. The maximum absolute atomic E-state index is 12.7. The maximum Gasteiger partial charge on any atom is 0.188 e.